The molecule has 1 rings (SSSR count). The zero-order valence-electron chi connectivity index (χ0n) is 7.89. The number of hydrogen-bond donors (Lipinski definition) is 2. The molecule has 1 aliphatic rings. The molecule has 0 bridgehead atoms. The number of amides is 1. The zero-order valence-corrected chi connectivity index (χ0v) is 7.89. The number of nitrogens with one attached hydrogen (secondary N) is 1. The van der Waals surface area contributed by atoms with Crippen molar-refractivity contribution in [3.63, 3.8) is 0 Å². The van der Waals surface area contributed by atoms with E-state index in [0.717, 1.165) is 31.6 Å². The maximum absolute atomic E-state index is 11.2. The Kier molecular flexibility index (Phi) is 2.73. The van der Waals surface area contributed by atoms with Crippen LogP contribution in [0.4, 0.5) is 0 Å². The van der Waals surface area contributed by atoms with Crippen molar-refractivity contribution in [2.75, 3.05) is 7.05 Å². The average molecular weight is 170 g/mol. The van der Waals surface area contributed by atoms with E-state index in [1.54, 1.807) is 0 Å². The summed E-state index contributed by atoms with van der Waals surface area (Å²) in [4.78, 5) is 11.2. The number of likely N-dealkylation sites (N-methyl/N-ethyl adjacent to an activating group) is 1. The fourth-order valence-electron chi connectivity index (χ4n) is 1.87. The molecule has 70 valence electrons. The van der Waals surface area contributed by atoms with Crippen LogP contribution in [-0.2, 0) is 4.79 Å². The molecule has 3 nitrogen and oxygen atoms in total. The van der Waals surface area contributed by atoms with E-state index in [2.05, 4.69) is 12.2 Å². The monoisotopic (exact) mass is 170 g/mol. The molecule has 0 radical (unpaired) electrons. The number of primary amides is 1. The van der Waals surface area contributed by atoms with Crippen molar-refractivity contribution in [2.24, 2.45) is 11.7 Å². The first kappa shape index (κ1) is 9.52. The number of carbonyl (C=O) groups excluding carboxylic acids is 1. The molecule has 0 aromatic carbocycles. The topological polar surface area (TPSA) is 55.1 Å². The maximum atomic E-state index is 11.2. The lowest BCUT2D eigenvalue weighted by Gasteiger charge is -2.36. The molecule has 3 heteroatoms. The first-order valence-electron chi connectivity index (χ1n) is 4.59. The Balaban J connectivity index is 2.63. The van der Waals surface area contributed by atoms with Crippen molar-refractivity contribution in [1.29, 1.82) is 0 Å². The minimum atomic E-state index is -0.410. The summed E-state index contributed by atoms with van der Waals surface area (Å²) in [6.07, 6.45) is 3.98. The van der Waals surface area contributed by atoms with Crippen molar-refractivity contribution in [3.8, 4) is 0 Å². The Labute approximate surface area is 73.7 Å². The first-order chi connectivity index (χ1) is 5.60. The Morgan fingerprint density at radius 3 is 2.33 bits per heavy atom. The van der Waals surface area contributed by atoms with Gasteiger partial charge in [-0.1, -0.05) is 6.92 Å². The molecule has 12 heavy (non-hydrogen) atoms. The molecule has 0 aliphatic heterocycles. The highest BCUT2D eigenvalue weighted by atomic mass is 16.1. The highest BCUT2D eigenvalue weighted by Gasteiger charge is 2.37. The van der Waals surface area contributed by atoms with Gasteiger partial charge in [0.25, 0.3) is 0 Å². The van der Waals surface area contributed by atoms with Gasteiger partial charge < -0.3 is 11.1 Å². The first-order valence-corrected chi connectivity index (χ1v) is 4.59. The summed E-state index contributed by atoms with van der Waals surface area (Å²) in [5, 5.41) is 3.06. The molecular formula is C9H18N2O. The zero-order chi connectivity index (χ0) is 9.19. The van der Waals surface area contributed by atoms with Crippen LogP contribution in [0.3, 0.4) is 0 Å². The Morgan fingerprint density at radius 1 is 1.50 bits per heavy atom. The van der Waals surface area contributed by atoms with Crippen LogP contribution in [0, 0.1) is 5.92 Å². The van der Waals surface area contributed by atoms with Gasteiger partial charge in [0.2, 0.25) is 5.91 Å². The minimum absolute atomic E-state index is 0.197. The fraction of sp³-hybridized carbons (Fsp3) is 0.889. The molecule has 0 heterocycles. The van der Waals surface area contributed by atoms with Gasteiger partial charge in [0.15, 0.2) is 0 Å². The minimum Gasteiger partial charge on any atom is -0.368 e. The van der Waals surface area contributed by atoms with Gasteiger partial charge in [-0.25, -0.2) is 0 Å². The molecule has 0 unspecified atom stereocenters. The van der Waals surface area contributed by atoms with E-state index in [1.165, 1.54) is 0 Å². The normalized spacial score (nSPS) is 36.3. The van der Waals surface area contributed by atoms with E-state index in [9.17, 15) is 4.79 Å². The number of hydrogen-bond acceptors (Lipinski definition) is 2. The molecule has 0 aromatic rings. The van der Waals surface area contributed by atoms with E-state index in [0.29, 0.717) is 0 Å². The molecule has 1 fully saturated rings. The van der Waals surface area contributed by atoms with Gasteiger partial charge >= 0.3 is 0 Å². The molecule has 1 amide bonds. The summed E-state index contributed by atoms with van der Waals surface area (Å²) < 4.78 is 0. The van der Waals surface area contributed by atoms with Gasteiger partial charge in [0, 0.05) is 0 Å². The Hall–Kier alpha value is -0.570. The number of rotatable bonds is 2. The molecule has 0 saturated heterocycles. The molecular weight excluding hydrogens is 152 g/mol. The number of nitrogens with two attached hydrogens (primary N) is 1. The largest absolute Gasteiger partial charge is 0.368 e. The summed E-state index contributed by atoms with van der Waals surface area (Å²) >= 11 is 0. The van der Waals surface area contributed by atoms with Crippen molar-refractivity contribution in [3.05, 3.63) is 0 Å². The number of carbonyl (C=O) groups is 1. The Morgan fingerprint density at radius 2 is 2.00 bits per heavy atom. The van der Waals surface area contributed by atoms with Gasteiger partial charge in [-0.2, -0.15) is 0 Å². The summed E-state index contributed by atoms with van der Waals surface area (Å²) in [6.45, 7) is 2.22. The SMILES string of the molecule is CNC1(C(N)=O)CCC(C)CC1. The Bertz CT molecular complexity index is 171. The van der Waals surface area contributed by atoms with E-state index < -0.39 is 5.54 Å². The van der Waals surface area contributed by atoms with Crippen molar-refractivity contribution >= 4 is 5.91 Å². The van der Waals surface area contributed by atoms with Crippen LogP contribution in [0.2, 0.25) is 0 Å². The molecule has 1 saturated carbocycles. The lowest BCUT2D eigenvalue weighted by Crippen LogP contribution is -2.55. The third-order valence-corrected chi connectivity index (χ3v) is 3.08. The van der Waals surface area contributed by atoms with Gasteiger partial charge in [-0.15, -0.1) is 0 Å². The van der Waals surface area contributed by atoms with Crippen LogP contribution >= 0.6 is 0 Å². The fourth-order valence-corrected chi connectivity index (χ4v) is 1.87. The summed E-state index contributed by atoms with van der Waals surface area (Å²) in [5.41, 5.74) is 4.95. The third kappa shape index (κ3) is 1.61. The van der Waals surface area contributed by atoms with Gasteiger partial charge in [-0.05, 0) is 38.6 Å². The van der Waals surface area contributed by atoms with E-state index >= 15 is 0 Å². The van der Waals surface area contributed by atoms with Crippen molar-refractivity contribution < 1.29 is 4.79 Å². The smallest absolute Gasteiger partial charge is 0.237 e. The van der Waals surface area contributed by atoms with E-state index in [4.69, 9.17) is 5.73 Å². The van der Waals surface area contributed by atoms with Crippen molar-refractivity contribution in [1.82, 2.24) is 5.32 Å². The van der Waals surface area contributed by atoms with Crippen molar-refractivity contribution in [2.45, 2.75) is 38.1 Å². The van der Waals surface area contributed by atoms with E-state index in [1.807, 2.05) is 7.05 Å². The second-order valence-electron chi connectivity index (χ2n) is 3.88. The second-order valence-corrected chi connectivity index (χ2v) is 3.88. The van der Waals surface area contributed by atoms with Gasteiger partial charge in [-0.3, -0.25) is 4.79 Å². The van der Waals surface area contributed by atoms with E-state index in [-0.39, 0.29) is 5.91 Å². The lowest BCUT2D eigenvalue weighted by atomic mass is 9.77. The predicted octanol–water partition coefficient (Wildman–Crippen LogP) is 0.640. The summed E-state index contributed by atoms with van der Waals surface area (Å²) in [6, 6.07) is 0. The average Bonchev–Trinajstić information content (AvgIpc) is 2.06. The maximum Gasteiger partial charge on any atom is 0.237 e. The predicted molar refractivity (Wildman–Crippen MR) is 48.6 cm³/mol. The highest BCUT2D eigenvalue weighted by Crippen LogP contribution is 2.31. The van der Waals surface area contributed by atoms with Crippen LogP contribution in [0.25, 0.3) is 0 Å². The van der Waals surface area contributed by atoms with Gasteiger partial charge in [0.1, 0.15) is 0 Å². The standard InChI is InChI=1S/C9H18N2O/c1-7-3-5-9(11-2,6-4-7)8(10)12/h7,11H,3-6H2,1-2H3,(H2,10,12). The molecule has 0 aromatic heterocycles. The molecule has 1 aliphatic carbocycles. The third-order valence-electron chi connectivity index (χ3n) is 3.08. The molecule has 3 N–H and O–H groups in total. The lowest BCUT2D eigenvalue weighted by molar-refractivity contribution is -0.125. The van der Waals surface area contributed by atoms with Crippen LogP contribution in [-0.4, -0.2) is 18.5 Å². The van der Waals surface area contributed by atoms with Crippen LogP contribution in [0.15, 0.2) is 0 Å². The molecule has 0 spiro atoms. The summed E-state index contributed by atoms with van der Waals surface area (Å²) in [7, 11) is 1.82. The van der Waals surface area contributed by atoms with Gasteiger partial charge in [0.05, 0.1) is 5.54 Å². The quantitative estimate of drug-likeness (QED) is 0.639. The van der Waals surface area contributed by atoms with Crippen LogP contribution in [0.5, 0.6) is 0 Å². The van der Waals surface area contributed by atoms with Crippen LogP contribution < -0.4 is 11.1 Å². The highest BCUT2D eigenvalue weighted by molar-refractivity contribution is 5.84. The summed E-state index contributed by atoms with van der Waals surface area (Å²) in [5.74, 6) is 0.544. The molecule has 0 atom stereocenters. The second kappa shape index (κ2) is 3.44. The van der Waals surface area contributed by atoms with Crippen LogP contribution in [0.1, 0.15) is 32.6 Å².